The fourth-order valence-electron chi connectivity index (χ4n) is 0.0345. The van der Waals surface area contributed by atoms with Crippen molar-refractivity contribution in [3.8, 4) is 0 Å². The number of nitrogens with one attached hydrogen (secondary N) is 1. The molecule has 0 saturated heterocycles. The summed E-state index contributed by atoms with van der Waals surface area (Å²) in [4.78, 5) is 0. The summed E-state index contributed by atoms with van der Waals surface area (Å²) in [5, 5.41) is 3.12. The summed E-state index contributed by atoms with van der Waals surface area (Å²) in [6.07, 6.45) is 0. The summed E-state index contributed by atoms with van der Waals surface area (Å²) in [6, 6.07) is -0.00772. The zero-order chi connectivity index (χ0) is 4.99. The first-order chi connectivity index (χ1) is 2.81. The molecule has 0 fully saturated rings. The predicted octanol–water partition coefficient (Wildman–Crippen LogP) is 1.64. The molecule has 36 valence electrons. The first-order valence-electron chi connectivity index (χ1n) is 1.73. The summed E-state index contributed by atoms with van der Waals surface area (Å²) < 4.78 is 0. The molecular formula is C3H7ClN2. The zero-order valence-corrected chi connectivity index (χ0v) is 4.37. The second-order valence-corrected chi connectivity index (χ2v) is 1.44. The Bertz CT molecular complexity index is 46.1. The average molecular weight is 107 g/mol. The second kappa shape index (κ2) is 3.09. The SMILES string of the molecule is CC(CCl)N=N. The highest BCUT2D eigenvalue weighted by molar-refractivity contribution is 6.18. The molecular weight excluding hydrogens is 99.5 g/mol. The van der Waals surface area contributed by atoms with Gasteiger partial charge in [0, 0.05) is 5.88 Å². The van der Waals surface area contributed by atoms with Gasteiger partial charge < -0.3 is 0 Å². The second-order valence-electron chi connectivity index (χ2n) is 1.13. The van der Waals surface area contributed by atoms with Crippen LogP contribution in [0.25, 0.3) is 0 Å². The Hall–Kier alpha value is -0.110. The van der Waals surface area contributed by atoms with Crippen LogP contribution in [0.4, 0.5) is 0 Å². The molecule has 0 radical (unpaired) electrons. The Morgan fingerprint density at radius 2 is 2.50 bits per heavy atom. The lowest BCUT2D eigenvalue weighted by atomic mass is 10.4. The van der Waals surface area contributed by atoms with Gasteiger partial charge in [-0.3, -0.25) is 0 Å². The van der Waals surface area contributed by atoms with Crippen molar-refractivity contribution in [2.24, 2.45) is 5.11 Å². The highest BCUT2D eigenvalue weighted by Gasteiger charge is 1.89. The lowest BCUT2D eigenvalue weighted by Gasteiger charge is -1.89. The van der Waals surface area contributed by atoms with Crippen LogP contribution in [-0.2, 0) is 0 Å². The zero-order valence-electron chi connectivity index (χ0n) is 3.61. The third kappa shape index (κ3) is 2.15. The van der Waals surface area contributed by atoms with Crippen LogP contribution in [0, 0.1) is 5.53 Å². The van der Waals surface area contributed by atoms with Crippen LogP contribution in [0.3, 0.4) is 0 Å². The highest BCUT2D eigenvalue weighted by Crippen LogP contribution is 1.88. The minimum Gasteiger partial charge on any atom is -0.210 e. The molecule has 0 aliphatic rings. The van der Waals surface area contributed by atoms with Gasteiger partial charge in [-0.05, 0) is 6.92 Å². The fourth-order valence-corrected chi connectivity index (χ4v) is 0.104. The van der Waals surface area contributed by atoms with Crippen LogP contribution < -0.4 is 0 Å². The third-order valence-corrected chi connectivity index (χ3v) is 0.890. The average Bonchev–Trinajstić information content (AvgIpc) is 1.65. The summed E-state index contributed by atoms with van der Waals surface area (Å²) in [7, 11) is 0. The smallest absolute Gasteiger partial charge is 0.0812 e. The molecule has 0 saturated carbocycles. The summed E-state index contributed by atoms with van der Waals surface area (Å²) in [6.45, 7) is 1.79. The van der Waals surface area contributed by atoms with E-state index < -0.39 is 0 Å². The van der Waals surface area contributed by atoms with E-state index in [1.165, 1.54) is 0 Å². The van der Waals surface area contributed by atoms with E-state index in [2.05, 4.69) is 5.11 Å². The molecule has 0 amide bonds. The van der Waals surface area contributed by atoms with Gasteiger partial charge in [-0.15, -0.1) is 11.6 Å². The van der Waals surface area contributed by atoms with Gasteiger partial charge in [0.05, 0.1) is 6.04 Å². The molecule has 0 aliphatic heterocycles. The Morgan fingerprint density at radius 1 is 2.00 bits per heavy atom. The van der Waals surface area contributed by atoms with E-state index in [1.807, 2.05) is 0 Å². The number of hydrogen-bond acceptors (Lipinski definition) is 2. The van der Waals surface area contributed by atoms with Crippen molar-refractivity contribution in [1.29, 1.82) is 5.53 Å². The van der Waals surface area contributed by atoms with Crippen molar-refractivity contribution in [3.63, 3.8) is 0 Å². The number of hydrogen-bond donors (Lipinski definition) is 1. The van der Waals surface area contributed by atoms with E-state index in [-0.39, 0.29) is 6.04 Å². The van der Waals surface area contributed by atoms with Crippen molar-refractivity contribution in [2.45, 2.75) is 13.0 Å². The molecule has 0 aromatic rings. The normalized spacial score (nSPS) is 13.7. The van der Waals surface area contributed by atoms with Crippen molar-refractivity contribution in [2.75, 3.05) is 5.88 Å². The molecule has 0 aromatic carbocycles. The number of halogens is 1. The van der Waals surface area contributed by atoms with Crippen LogP contribution in [0.1, 0.15) is 6.92 Å². The van der Waals surface area contributed by atoms with Gasteiger partial charge in [0.25, 0.3) is 0 Å². The minimum absolute atomic E-state index is 0.00772. The molecule has 1 unspecified atom stereocenters. The first kappa shape index (κ1) is 5.89. The summed E-state index contributed by atoms with van der Waals surface area (Å²) >= 11 is 5.24. The number of rotatable bonds is 2. The maximum Gasteiger partial charge on any atom is 0.0812 e. The molecule has 2 nitrogen and oxygen atoms in total. The van der Waals surface area contributed by atoms with E-state index in [0.717, 1.165) is 0 Å². The van der Waals surface area contributed by atoms with E-state index in [0.29, 0.717) is 5.88 Å². The van der Waals surface area contributed by atoms with Crippen LogP contribution in [0.15, 0.2) is 5.11 Å². The van der Waals surface area contributed by atoms with Gasteiger partial charge in [0.2, 0.25) is 0 Å². The number of alkyl halides is 1. The molecule has 0 aromatic heterocycles. The van der Waals surface area contributed by atoms with Crippen LogP contribution >= 0.6 is 11.6 Å². The van der Waals surface area contributed by atoms with Crippen molar-refractivity contribution in [1.82, 2.24) is 0 Å². The van der Waals surface area contributed by atoms with E-state index >= 15 is 0 Å². The summed E-state index contributed by atoms with van der Waals surface area (Å²) in [5.41, 5.74) is 6.35. The molecule has 0 rings (SSSR count). The van der Waals surface area contributed by atoms with Gasteiger partial charge in [-0.25, -0.2) is 5.53 Å². The first-order valence-corrected chi connectivity index (χ1v) is 2.27. The van der Waals surface area contributed by atoms with Crippen LogP contribution in [-0.4, -0.2) is 11.9 Å². The Morgan fingerprint density at radius 3 is 2.50 bits per heavy atom. The topological polar surface area (TPSA) is 36.2 Å². The molecule has 1 N–H and O–H groups in total. The molecule has 1 atom stereocenters. The van der Waals surface area contributed by atoms with Crippen molar-refractivity contribution < 1.29 is 0 Å². The standard InChI is InChI=1S/C3H7ClN2/c1-3(2-4)6-5/h3,5H,2H2,1H3. The van der Waals surface area contributed by atoms with E-state index in [4.69, 9.17) is 17.1 Å². The molecule has 0 spiro atoms. The van der Waals surface area contributed by atoms with Gasteiger partial charge in [0.15, 0.2) is 0 Å². The van der Waals surface area contributed by atoms with Gasteiger partial charge in [-0.2, -0.15) is 5.11 Å². The van der Waals surface area contributed by atoms with E-state index in [1.54, 1.807) is 6.92 Å². The summed E-state index contributed by atoms with van der Waals surface area (Å²) in [5.74, 6) is 0.448. The van der Waals surface area contributed by atoms with Gasteiger partial charge in [0.1, 0.15) is 0 Å². The molecule has 0 bridgehead atoms. The Balaban J connectivity index is 2.96. The maximum absolute atomic E-state index is 6.35. The fraction of sp³-hybridized carbons (Fsp3) is 1.00. The Kier molecular flexibility index (Phi) is 3.04. The lowest BCUT2D eigenvalue weighted by Crippen LogP contribution is -1.95. The van der Waals surface area contributed by atoms with Gasteiger partial charge >= 0.3 is 0 Å². The van der Waals surface area contributed by atoms with Crippen molar-refractivity contribution in [3.05, 3.63) is 0 Å². The van der Waals surface area contributed by atoms with Gasteiger partial charge in [-0.1, -0.05) is 0 Å². The third-order valence-electron chi connectivity index (χ3n) is 0.444. The largest absolute Gasteiger partial charge is 0.210 e. The molecule has 0 heterocycles. The molecule has 0 aliphatic carbocycles. The molecule has 6 heavy (non-hydrogen) atoms. The molecule has 3 heteroatoms. The quantitative estimate of drug-likeness (QED) is 0.411. The van der Waals surface area contributed by atoms with E-state index in [9.17, 15) is 0 Å². The predicted molar refractivity (Wildman–Crippen MR) is 25.3 cm³/mol. The minimum atomic E-state index is -0.00772. The van der Waals surface area contributed by atoms with Crippen LogP contribution in [0.5, 0.6) is 0 Å². The lowest BCUT2D eigenvalue weighted by molar-refractivity contribution is 0.755. The van der Waals surface area contributed by atoms with Crippen LogP contribution in [0.2, 0.25) is 0 Å². The highest BCUT2D eigenvalue weighted by atomic mass is 35.5. The number of nitrogens with zero attached hydrogens (tertiary/aromatic N) is 1. The maximum atomic E-state index is 6.35. The monoisotopic (exact) mass is 106 g/mol. The Labute approximate surface area is 42.0 Å². The van der Waals surface area contributed by atoms with Crippen molar-refractivity contribution >= 4 is 11.6 Å².